The Hall–Kier alpha value is -3.09. The van der Waals surface area contributed by atoms with Gasteiger partial charge in [0.1, 0.15) is 5.82 Å². The van der Waals surface area contributed by atoms with Gasteiger partial charge in [0.25, 0.3) is 0 Å². The third-order valence-electron chi connectivity index (χ3n) is 4.61. The Kier molecular flexibility index (Phi) is 3.76. The van der Waals surface area contributed by atoms with Crippen molar-refractivity contribution in [2.24, 2.45) is 0 Å². The van der Waals surface area contributed by atoms with Gasteiger partial charge in [0, 0.05) is 30.9 Å². The highest BCUT2D eigenvalue weighted by Gasteiger charge is 2.48. The molecule has 0 spiro atoms. The van der Waals surface area contributed by atoms with Crippen molar-refractivity contribution < 1.29 is 9.18 Å². The van der Waals surface area contributed by atoms with Gasteiger partial charge in [0.2, 0.25) is 5.91 Å². The third kappa shape index (κ3) is 2.67. The molecular weight excluding hydrogens is 321 g/mol. The zero-order valence-corrected chi connectivity index (χ0v) is 13.4. The van der Waals surface area contributed by atoms with Gasteiger partial charge in [-0.1, -0.05) is 6.42 Å². The minimum absolute atomic E-state index is 0.215. The molecular formula is C18H16FN5O. The van der Waals surface area contributed by atoms with Crippen LogP contribution in [0.3, 0.4) is 0 Å². The standard InChI is InChI=1S/C18H16FN5O/c19-14-3-1-9-21-16(14)18(7-2-8-18)17(25)22-15-6-12-24(23-15)13-4-10-20-11-5-13/h1,3-6,9-12H,2,7-8H2,(H,22,23,25). The Morgan fingerprint density at radius 2 is 1.96 bits per heavy atom. The second-order valence-corrected chi connectivity index (χ2v) is 6.07. The Bertz CT molecular complexity index is 905. The zero-order valence-electron chi connectivity index (χ0n) is 13.4. The highest BCUT2D eigenvalue weighted by molar-refractivity contribution is 5.99. The predicted molar refractivity (Wildman–Crippen MR) is 89.7 cm³/mol. The molecule has 0 radical (unpaired) electrons. The Labute approximate surface area is 143 Å². The largest absolute Gasteiger partial charge is 0.308 e. The molecule has 1 aliphatic carbocycles. The van der Waals surface area contributed by atoms with Crippen LogP contribution in [-0.4, -0.2) is 25.7 Å². The summed E-state index contributed by atoms with van der Waals surface area (Å²) in [5, 5.41) is 7.16. The summed E-state index contributed by atoms with van der Waals surface area (Å²) in [6.45, 7) is 0. The first-order valence-electron chi connectivity index (χ1n) is 8.08. The van der Waals surface area contributed by atoms with Crippen LogP contribution in [0.4, 0.5) is 10.2 Å². The average Bonchev–Trinajstić information content (AvgIpc) is 3.05. The number of halogens is 1. The number of rotatable bonds is 4. The van der Waals surface area contributed by atoms with Gasteiger partial charge >= 0.3 is 0 Å². The first kappa shape index (κ1) is 15.4. The second kappa shape index (κ2) is 6.08. The average molecular weight is 337 g/mol. The molecule has 6 nitrogen and oxygen atoms in total. The number of amides is 1. The lowest BCUT2D eigenvalue weighted by Gasteiger charge is -2.39. The maximum atomic E-state index is 14.2. The van der Waals surface area contributed by atoms with Crippen LogP contribution >= 0.6 is 0 Å². The lowest BCUT2D eigenvalue weighted by atomic mass is 9.65. The fourth-order valence-corrected chi connectivity index (χ4v) is 3.11. The molecule has 1 fully saturated rings. The van der Waals surface area contributed by atoms with Crippen LogP contribution in [0, 0.1) is 5.82 Å². The van der Waals surface area contributed by atoms with Gasteiger partial charge < -0.3 is 5.32 Å². The first-order valence-corrected chi connectivity index (χ1v) is 8.08. The predicted octanol–water partition coefficient (Wildman–Crippen LogP) is 2.86. The quantitative estimate of drug-likeness (QED) is 0.794. The number of anilines is 1. The fourth-order valence-electron chi connectivity index (χ4n) is 3.11. The van der Waals surface area contributed by atoms with Crippen molar-refractivity contribution in [3.8, 4) is 5.69 Å². The van der Waals surface area contributed by atoms with Crippen LogP contribution in [0.15, 0.2) is 55.1 Å². The molecule has 1 aliphatic rings. The topological polar surface area (TPSA) is 72.7 Å². The van der Waals surface area contributed by atoms with Gasteiger partial charge in [-0.25, -0.2) is 9.07 Å². The van der Waals surface area contributed by atoms with E-state index in [9.17, 15) is 9.18 Å². The molecule has 1 amide bonds. The number of hydrogen-bond donors (Lipinski definition) is 1. The van der Waals surface area contributed by atoms with Crippen molar-refractivity contribution >= 4 is 11.7 Å². The molecule has 0 saturated heterocycles. The molecule has 126 valence electrons. The summed E-state index contributed by atoms with van der Waals surface area (Å²) in [4.78, 5) is 20.9. The number of nitrogens with zero attached hydrogens (tertiary/aromatic N) is 4. The van der Waals surface area contributed by atoms with E-state index in [0.717, 1.165) is 12.1 Å². The molecule has 0 bridgehead atoms. The number of carbonyl (C=O) groups is 1. The van der Waals surface area contributed by atoms with Gasteiger partial charge in [0.05, 0.1) is 16.8 Å². The summed E-state index contributed by atoms with van der Waals surface area (Å²) in [5.41, 5.74) is 0.142. The zero-order chi connectivity index (χ0) is 17.3. The van der Waals surface area contributed by atoms with E-state index in [0.29, 0.717) is 18.7 Å². The molecule has 3 aromatic heterocycles. The second-order valence-electron chi connectivity index (χ2n) is 6.07. The molecule has 3 heterocycles. The van der Waals surface area contributed by atoms with Crippen LogP contribution in [-0.2, 0) is 10.2 Å². The summed E-state index contributed by atoms with van der Waals surface area (Å²) in [7, 11) is 0. The van der Waals surface area contributed by atoms with E-state index in [1.807, 2.05) is 12.1 Å². The van der Waals surface area contributed by atoms with Gasteiger partial charge in [-0.2, -0.15) is 5.10 Å². The summed E-state index contributed by atoms with van der Waals surface area (Å²) in [6.07, 6.45) is 8.64. The summed E-state index contributed by atoms with van der Waals surface area (Å²) >= 11 is 0. The van der Waals surface area contributed by atoms with Gasteiger partial charge in [-0.15, -0.1) is 0 Å². The molecule has 0 unspecified atom stereocenters. The molecule has 3 aromatic rings. The molecule has 0 atom stereocenters. The van der Waals surface area contributed by atoms with E-state index in [1.54, 1.807) is 29.3 Å². The molecule has 1 N–H and O–H groups in total. The van der Waals surface area contributed by atoms with E-state index in [2.05, 4.69) is 20.4 Å². The molecule has 0 aromatic carbocycles. The molecule has 4 rings (SSSR count). The van der Waals surface area contributed by atoms with Crippen molar-refractivity contribution in [2.45, 2.75) is 24.7 Å². The summed E-state index contributed by atoms with van der Waals surface area (Å²) < 4.78 is 15.8. The normalized spacial score (nSPS) is 15.4. The van der Waals surface area contributed by atoms with Crippen LogP contribution in [0.25, 0.3) is 5.69 Å². The molecule has 0 aliphatic heterocycles. The Morgan fingerprint density at radius 3 is 2.64 bits per heavy atom. The van der Waals surface area contributed by atoms with Crippen molar-refractivity contribution in [3.05, 3.63) is 66.6 Å². The van der Waals surface area contributed by atoms with E-state index < -0.39 is 11.2 Å². The lowest BCUT2D eigenvalue weighted by molar-refractivity contribution is -0.124. The number of hydrogen-bond acceptors (Lipinski definition) is 4. The number of aromatic nitrogens is 4. The molecule has 25 heavy (non-hydrogen) atoms. The number of carbonyl (C=O) groups excluding carboxylic acids is 1. The van der Waals surface area contributed by atoms with Crippen LogP contribution in [0.5, 0.6) is 0 Å². The maximum absolute atomic E-state index is 14.2. The van der Waals surface area contributed by atoms with Gasteiger partial charge in [0.15, 0.2) is 5.82 Å². The van der Waals surface area contributed by atoms with Crippen LogP contribution < -0.4 is 5.32 Å². The van der Waals surface area contributed by atoms with Crippen molar-refractivity contribution in [3.63, 3.8) is 0 Å². The van der Waals surface area contributed by atoms with E-state index in [4.69, 9.17) is 0 Å². The number of pyridine rings is 2. The smallest absolute Gasteiger partial charge is 0.237 e. The monoisotopic (exact) mass is 337 g/mol. The maximum Gasteiger partial charge on any atom is 0.237 e. The molecule has 1 saturated carbocycles. The van der Waals surface area contributed by atoms with Gasteiger partial charge in [-0.3, -0.25) is 14.8 Å². The highest BCUT2D eigenvalue weighted by Crippen LogP contribution is 2.44. The minimum atomic E-state index is -0.911. The van der Waals surface area contributed by atoms with Crippen molar-refractivity contribution in [2.75, 3.05) is 5.32 Å². The van der Waals surface area contributed by atoms with E-state index in [1.165, 1.54) is 18.3 Å². The van der Waals surface area contributed by atoms with Crippen molar-refractivity contribution in [1.82, 2.24) is 19.7 Å². The Balaban J connectivity index is 1.58. The summed E-state index contributed by atoms with van der Waals surface area (Å²) in [5.74, 6) is -0.291. The number of nitrogens with one attached hydrogen (secondary N) is 1. The summed E-state index contributed by atoms with van der Waals surface area (Å²) in [6, 6.07) is 8.21. The highest BCUT2D eigenvalue weighted by atomic mass is 19.1. The lowest BCUT2D eigenvalue weighted by Crippen LogP contribution is -2.47. The van der Waals surface area contributed by atoms with E-state index >= 15 is 0 Å². The van der Waals surface area contributed by atoms with Crippen LogP contribution in [0.2, 0.25) is 0 Å². The van der Waals surface area contributed by atoms with Crippen molar-refractivity contribution in [1.29, 1.82) is 0 Å². The van der Waals surface area contributed by atoms with E-state index in [-0.39, 0.29) is 11.6 Å². The minimum Gasteiger partial charge on any atom is -0.308 e. The van der Waals surface area contributed by atoms with Gasteiger partial charge in [-0.05, 0) is 37.1 Å². The first-order chi connectivity index (χ1) is 12.2. The Morgan fingerprint density at radius 1 is 1.16 bits per heavy atom. The van der Waals surface area contributed by atoms with Crippen LogP contribution in [0.1, 0.15) is 25.0 Å². The third-order valence-corrected chi connectivity index (χ3v) is 4.61. The molecule has 7 heteroatoms. The fraction of sp³-hybridized carbons (Fsp3) is 0.222. The SMILES string of the molecule is O=C(Nc1ccn(-c2ccncc2)n1)C1(c2ncccc2F)CCC1.